The van der Waals surface area contributed by atoms with Gasteiger partial charge in [0.15, 0.2) is 0 Å². The number of ether oxygens (including phenoxy) is 2. The number of benzene rings is 1. The molecule has 5 nitrogen and oxygen atoms in total. The summed E-state index contributed by atoms with van der Waals surface area (Å²) in [6.45, 7) is 4.89. The van der Waals surface area contributed by atoms with Crippen molar-refractivity contribution < 1.29 is 14.6 Å². The van der Waals surface area contributed by atoms with Crippen LogP contribution in [0.15, 0.2) is 24.3 Å². The molecule has 0 amide bonds. The molecule has 1 unspecified atom stereocenters. The standard InChI is InChI=1S/C17H26N2O3/c1-21-15-4-2-14(3-5-15)16-12-18-8-9-19(16)13-17(20)6-10-22-11-7-17/h2-5,16,18,20H,6-13H2,1H3. The number of methoxy groups -OCH3 is 1. The van der Waals surface area contributed by atoms with Gasteiger partial charge in [-0.1, -0.05) is 12.1 Å². The molecule has 2 saturated heterocycles. The van der Waals surface area contributed by atoms with Crippen molar-refractivity contribution in [2.24, 2.45) is 0 Å². The first-order chi connectivity index (χ1) is 10.7. The number of nitrogens with zero attached hydrogens (tertiary/aromatic N) is 1. The summed E-state index contributed by atoms with van der Waals surface area (Å²) in [5.74, 6) is 0.877. The first-order valence-electron chi connectivity index (χ1n) is 8.09. The van der Waals surface area contributed by atoms with E-state index in [4.69, 9.17) is 9.47 Å². The molecule has 0 spiro atoms. The van der Waals surface area contributed by atoms with Crippen molar-refractivity contribution in [3.63, 3.8) is 0 Å². The van der Waals surface area contributed by atoms with Gasteiger partial charge in [0.05, 0.1) is 12.7 Å². The zero-order chi connectivity index (χ0) is 15.4. The summed E-state index contributed by atoms with van der Waals surface area (Å²) in [4.78, 5) is 2.41. The van der Waals surface area contributed by atoms with Crippen LogP contribution in [0.2, 0.25) is 0 Å². The van der Waals surface area contributed by atoms with Crippen LogP contribution in [-0.4, -0.2) is 62.1 Å². The molecule has 0 saturated carbocycles. The van der Waals surface area contributed by atoms with Crippen molar-refractivity contribution in [1.29, 1.82) is 0 Å². The van der Waals surface area contributed by atoms with Crippen LogP contribution < -0.4 is 10.1 Å². The first kappa shape index (κ1) is 15.7. The fourth-order valence-corrected chi connectivity index (χ4v) is 3.38. The second-order valence-electron chi connectivity index (χ2n) is 6.30. The molecule has 0 aromatic heterocycles. The maximum absolute atomic E-state index is 10.8. The minimum absolute atomic E-state index is 0.298. The van der Waals surface area contributed by atoms with Crippen molar-refractivity contribution >= 4 is 0 Å². The highest BCUT2D eigenvalue weighted by Crippen LogP contribution is 2.29. The minimum Gasteiger partial charge on any atom is -0.497 e. The van der Waals surface area contributed by atoms with Gasteiger partial charge in [0.2, 0.25) is 0 Å². The van der Waals surface area contributed by atoms with Gasteiger partial charge in [-0.3, -0.25) is 4.90 Å². The average molecular weight is 306 g/mol. The predicted octanol–water partition coefficient (Wildman–Crippen LogP) is 1.18. The molecule has 5 heteroatoms. The van der Waals surface area contributed by atoms with Crippen molar-refractivity contribution in [2.45, 2.75) is 24.5 Å². The van der Waals surface area contributed by atoms with E-state index in [0.29, 0.717) is 25.8 Å². The maximum atomic E-state index is 10.8. The lowest BCUT2D eigenvalue weighted by molar-refractivity contribution is -0.0873. The average Bonchev–Trinajstić information content (AvgIpc) is 2.56. The van der Waals surface area contributed by atoms with Crippen molar-refractivity contribution in [2.75, 3.05) is 46.5 Å². The van der Waals surface area contributed by atoms with E-state index in [9.17, 15) is 5.11 Å². The highest BCUT2D eigenvalue weighted by molar-refractivity contribution is 5.29. The molecular formula is C17H26N2O3. The first-order valence-corrected chi connectivity index (χ1v) is 8.09. The Morgan fingerprint density at radius 1 is 1.32 bits per heavy atom. The monoisotopic (exact) mass is 306 g/mol. The Hall–Kier alpha value is -1.14. The Morgan fingerprint density at radius 3 is 2.73 bits per heavy atom. The van der Waals surface area contributed by atoms with Crippen LogP contribution in [0.5, 0.6) is 5.75 Å². The van der Waals surface area contributed by atoms with Gasteiger partial charge in [-0.2, -0.15) is 0 Å². The van der Waals surface area contributed by atoms with Crippen LogP contribution in [0.25, 0.3) is 0 Å². The number of hydrogen-bond acceptors (Lipinski definition) is 5. The summed E-state index contributed by atoms with van der Waals surface area (Å²) < 4.78 is 10.6. The van der Waals surface area contributed by atoms with Crippen molar-refractivity contribution in [1.82, 2.24) is 10.2 Å². The second-order valence-corrected chi connectivity index (χ2v) is 6.30. The topological polar surface area (TPSA) is 54.0 Å². The summed E-state index contributed by atoms with van der Waals surface area (Å²) in [7, 11) is 1.68. The van der Waals surface area contributed by atoms with Crippen molar-refractivity contribution in [3.8, 4) is 5.75 Å². The van der Waals surface area contributed by atoms with E-state index in [1.54, 1.807) is 7.11 Å². The predicted molar refractivity (Wildman–Crippen MR) is 85.2 cm³/mol. The third-order valence-electron chi connectivity index (χ3n) is 4.78. The summed E-state index contributed by atoms with van der Waals surface area (Å²) in [5.41, 5.74) is 0.656. The molecule has 0 bridgehead atoms. The Balaban J connectivity index is 1.72. The van der Waals surface area contributed by atoms with E-state index in [2.05, 4.69) is 22.3 Å². The van der Waals surface area contributed by atoms with Crippen LogP contribution in [-0.2, 0) is 4.74 Å². The number of aliphatic hydroxyl groups is 1. The van der Waals surface area contributed by atoms with Crippen molar-refractivity contribution in [3.05, 3.63) is 29.8 Å². The molecule has 2 heterocycles. The highest BCUT2D eigenvalue weighted by atomic mass is 16.5. The number of rotatable bonds is 4. The van der Waals surface area contributed by atoms with E-state index in [1.165, 1.54) is 5.56 Å². The third kappa shape index (κ3) is 3.60. The molecule has 0 aliphatic carbocycles. The van der Waals surface area contributed by atoms with Gasteiger partial charge in [0.1, 0.15) is 5.75 Å². The maximum Gasteiger partial charge on any atom is 0.118 e. The largest absolute Gasteiger partial charge is 0.497 e. The quantitative estimate of drug-likeness (QED) is 0.875. The van der Waals surface area contributed by atoms with Crippen LogP contribution in [0, 0.1) is 0 Å². The van der Waals surface area contributed by atoms with E-state index in [1.807, 2.05) is 12.1 Å². The number of hydrogen-bond donors (Lipinski definition) is 2. The lowest BCUT2D eigenvalue weighted by atomic mass is 9.92. The molecule has 2 aliphatic heterocycles. The van der Waals surface area contributed by atoms with E-state index in [0.717, 1.165) is 38.2 Å². The molecule has 22 heavy (non-hydrogen) atoms. The molecule has 1 aromatic carbocycles. The Labute approximate surface area is 132 Å². The normalized spacial score (nSPS) is 25.8. The van der Waals surface area contributed by atoms with Gasteiger partial charge < -0.3 is 19.9 Å². The van der Waals surface area contributed by atoms with E-state index in [-0.39, 0.29) is 0 Å². The van der Waals surface area contributed by atoms with Crippen LogP contribution in [0.1, 0.15) is 24.4 Å². The fourth-order valence-electron chi connectivity index (χ4n) is 3.38. The molecule has 2 aliphatic rings. The third-order valence-corrected chi connectivity index (χ3v) is 4.78. The SMILES string of the molecule is COc1ccc(C2CNCCN2CC2(O)CCOCC2)cc1. The Kier molecular flexibility index (Phi) is 4.98. The summed E-state index contributed by atoms with van der Waals surface area (Å²) in [5, 5.41) is 14.3. The van der Waals surface area contributed by atoms with Crippen LogP contribution >= 0.6 is 0 Å². The van der Waals surface area contributed by atoms with E-state index >= 15 is 0 Å². The Bertz CT molecular complexity index is 471. The molecule has 1 atom stereocenters. The van der Waals surface area contributed by atoms with Crippen LogP contribution in [0.3, 0.4) is 0 Å². The summed E-state index contributed by atoms with van der Waals surface area (Å²) >= 11 is 0. The molecule has 0 radical (unpaired) electrons. The Morgan fingerprint density at radius 2 is 2.05 bits per heavy atom. The number of β-amino-alcohol motifs (C(OH)–C–C–N with tert-alkyl or cyclic N) is 1. The summed E-state index contributed by atoms with van der Waals surface area (Å²) in [6, 6.07) is 8.55. The fraction of sp³-hybridized carbons (Fsp3) is 0.647. The van der Waals surface area contributed by atoms with Gasteiger partial charge in [-0.25, -0.2) is 0 Å². The van der Waals surface area contributed by atoms with Crippen LogP contribution in [0.4, 0.5) is 0 Å². The van der Waals surface area contributed by atoms with Gasteiger partial charge >= 0.3 is 0 Å². The molecule has 2 N–H and O–H groups in total. The molecule has 122 valence electrons. The lowest BCUT2D eigenvalue weighted by Gasteiger charge is -2.42. The van der Waals surface area contributed by atoms with Gasteiger partial charge in [0.25, 0.3) is 0 Å². The summed E-state index contributed by atoms with van der Waals surface area (Å²) in [6.07, 6.45) is 1.46. The second kappa shape index (κ2) is 6.96. The number of nitrogens with one attached hydrogen (secondary N) is 1. The number of piperazine rings is 1. The van der Waals surface area contributed by atoms with Gasteiger partial charge in [0, 0.05) is 58.3 Å². The van der Waals surface area contributed by atoms with E-state index < -0.39 is 5.60 Å². The zero-order valence-corrected chi connectivity index (χ0v) is 13.3. The molecule has 2 fully saturated rings. The van der Waals surface area contributed by atoms with Gasteiger partial charge in [-0.05, 0) is 17.7 Å². The highest BCUT2D eigenvalue weighted by Gasteiger charge is 2.35. The molecular weight excluding hydrogens is 280 g/mol. The minimum atomic E-state index is -0.611. The molecule has 3 rings (SSSR count). The zero-order valence-electron chi connectivity index (χ0n) is 13.3. The smallest absolute Gasteiger partial charge is 0.118 e. The molecule has 1 aromatic rings. The van der Waals surface area contributed by atoms with Gasteiger partial charge in [-0.15, -0.1) is 0 Å². The lowest BCUT2D eigenvalue weighted by Crippen LogP contribution is -2.53.